The lowest BCUT2D eigenvalue weighted by molar-refractivity contribution is 0.439. The highest BCUT2D eigenvalue weighted by Crippen LogP contribution is 2.30. The first kappa shape index (κ1) is 14.0. The average Bonchev–Trinajstić information content (AvgIpc) is 2.21. The quantitative estimate of drug-likeness (QED) is 0.767. The van der Waals surface area contributed by atoms with E-state index in [1.807, 2.05) is 6.07 Å². The number of rotatable bonds is 5. The Morgan fingerprint density at radius 3 is 2.47 bits per heavy atom. The lowest BCUT2D eigenvalue weighted by atomic mass is 9.79. The Kier molecular flexibility index (Phi) is 4.58. The van der Waals surface area contributed by atoms with Crippen molar-refractivity contribution in [2.45, 2.75) is 58.4 Å². The van der Waals surface area contributed by atoms with E-state index in [2.05, 4.69) is 39.8 Å². The van der Waals surface area contributed by atoms with Crippen LogP contribution in [0.4, 0.5) is 5.69 Å². The lowest BCUT2D eigenvalue weighted by Gasteiger charge is -2.26. The highest BCUT2D eigenvalue weighted by Gasteiger charge is 2.20. The fraction of sp³-hybridized carbons (Fsp3) is 0.600. The molecule has 0 aliphatic rings. The largest absolute Gasteiger partial charge is 0.399 e. The van der Waals surface area contributed by atoms with Crippen molar-refractivity contribution in [2.75, 3.05) is 5.73 Å². The van der Waals surface area contributed by atoms with Gasteiger partial charge in [0, 0.05) is 11.7 Å². The van der Waals surface area contributed by atoms with Crippen LogP contribution in [0.15, 0.2) is 18.2 Å². The van der Waals surface area contributed by atoms with Gasteiger partial charge in [0.15, 0.2) is 0 Å². The van der Waals surface area contributed by atoms with Gasteiger partial charge >= 0.3 is 0 Å². The van der Waals surface area contributed by atoms with Gasteiger partial charge in [-0.2, -0.15) is 0 Å². The first-order valence-corrected chi connectivity index (χ1v) is 6.45. The number of hydrogen-bond acceptors (Lipinski definition) is 2. The molecule has 1 unspecified atom stereocenters. The van der Waals surface area contributed by atoms with Gasteiger partial charge in [-0.1, -0.05) is 32.4 Å². The van der Waals surface area contributed by atoms with Gasteiger partial charge in [0.25, 0.3) is 0 Å². The predicted molar refractivity (Wildman–Crippen MR) is 76.1 cm³/mol. The van der Waals surface area contributed by atoms with Crippen LogP contribution in [-0.4, -0.2) is 6.04 Å². The van der Waals surface area contributed by atoms with Crippen molar-refractivity contribution in [3.63, 3.8) is 0 Å². The number of hydrogen-bond donors (Lipinski definition) is 2. The Balaban J connectivity index is 2.71. The molecule has 0 heterocycles. The van der Waals surface area contributed by atoms with Crippen molar-refractivity contribution in [3.05, 3.63) is 29.3 Å². The summed E-state index contributed by atoms with van der Waals surface area (Å²) in [6.07, 6.45) is 3.43. The zero-order valence-corrected chi connectivity index (χ0v) is 11.6. The normalized spacial score (nSPS) is 13.7. The smallest absolute Gasteiger partial charge is 0.0343 e. The first-order chi connectivity index (χ1) is 7.83. The van der Waals surface area contributed by atoms with E-state index in [4.69, 9.17) is 11.5 Å². The third kappa shape index (κ3) is 4.04. The van der Waals surface area contributed by atoms with Gasteiger partial charge in [-0.3, -0.25) is 0 Å². The summed E-state index contributed by atoms with van der Waals surface area (Å²) in [6, 6.07) is 6.67. The van der Waals surface area contributed by atoms with E-state index < -0.39 is 0 Å². The molecule has 96 valence electrons. The van der Waals surface area contributed by atoms with Gasteiger partial charge in [0.1, 0.15) is 0 Å². The molecule has 2 nitrogen and oxygen atoms in total. The average molecular weight is 234 g/mol. The van der Waals surface area contributed by atoms with Gasteiger partial charge in [0.05, 0.1) is 0 Å². The minimum absolute atomic E-state index is 0.202. The number of aryl methyl sites for hydroxylation is 1. The second-order valence-corrected chi connectivity index (χ2v) is 5.82. The molecular formula is C15H26N2. The standard InChI is InChI=1S/C15H26N2/c1-11-10-13(7-8-14(11)17)15(3,4)9-5-6-12(2)16/h7-8,10,12H,5-6,9,16-17H2,1-4H3. The molecule has 1 rings (SSSR count). The van der Waals surface area contributed by atoms with Gasteiger partial charge in [-0.15, -0.1) is 0 Å². The van der Waals surface area contributed by atoms with Crippen molar-refractivity contribution >= 4 is 5.69 Å². The molecule has 0 saturated carbocycles. The Morgan fingerprint density at radius 2 is 1.94 bits per heavy atom. The van der Waals surface area contributed by atoms with E-state index in [1.54, 1.807) is 0 Å². The van der Waals surface area contributed by atoms with E-state index in [9.17, 15) is 0 Å². The second-order valence-electron chi connectivity index (χ2n) is 5.82. The summed E-state index contributed by atoms with van der Waals surface area (Å²) in [7, 11) is 0. The Morgan fingerprint density at radius 1 is 1.29 bits per heavy atom. The van der Waals surface area contributed by atoms with Crippen molar-refractivity contribution in [3.8, 4) is 0 Å². The Hall–Kier alpha value is -1.02. The van der Waals surface area contributed by atoms with E-state index in [1.165, 1.54) is 17.5 Å². The van der Waals surface area contributed by atoms with E-state index in [-0.39, 0.29) is 5.41 Å². The topological polar surface area (TPSA) is 52.0 Å². The maximum atomic E-state index is 5.86. The predicted octanol–water partition coefficient (Wildman–Crippen LogP) is 3.37. The number of benzene rings is 1. The molecule has 1 aromatic rings. The van der Waals surface area contributed by atoms with Crippen LogP contribution >= 0.6 is 0 Å². The molecule has 0 aromatic heterocycles. The van der Waals surface area contributed by atoms with Crippen molar-refractivity contribution in [1.82, 2.24) is 0 Å². The highest BCUT2D eigenvalue weighted by atomic mass is 14.6. The van der Waals surface area contributed by atoms with Gasteiger partial charge in [-0.25, -0.2) is 0 Å². The van der Waals surface area contributed by atoms with Gasteiger partial charge in [-0.05, 0) is 49.3 Å². The number of nitrogen functional groups attached to an aromatic ring is 1. The van der Waals surface area contributed by atoms with Crippen molar-refractivity contribution in [1.29, 1.82) is 0 Å². The molecule has 0 saturated heterocycles. The molecular weight excluding hydrogens is 208 g/mol. The molecule has 0 amide bonds. The summed E-state index contributed by atoms with van der Waals surface area (Å²) in [6.45, 7) is 8.72. The van der Waals surface area contributed by atoms with Crippen LogP contribution in [0.2, 0.25) is 0 Å². The Bertz CT molecular complexity index is 367. The minimum atomic E-state index is 0.202. The molecule has 1 atom stereocenters. The van der Waals surface area contributed by atoms with Crippen LogP contribution in [0.3, 0.4) is 0 Å². The monoisotopic (exact) mass is 234 g/mol. The fourth-order valence-corrected chi connectivity index (χ4v) is 2.11. The van der Waals surface area contributed by atoms with Crippen LogP contribution in [0.1, 0.15) is 51.2 Å². The summed E-state index contributed by atoms with van der Waals surface area (Å²) >= 11 is 0. The lowest BCUT2D eigenvalue weighted by Crippen LogP contribution is -2.20. The molecule has 17 heavy (non-hydrogen) atoms. The molecule has 0 aliphatic heterocycles. The van der Waals surface area contributed by atoms with Crippen molar-refractivity contribution in [2.24, 2.45) is 5.73 Å². The molecule has 4 N–H and O–H groups in total. The summed E-state index contributed by atoms with van der Waals surface area (Å²) in [5.74, 6) is 0. The summed E-state index contributed by atoms with van der Waals surface area (Å²) in [5, 5.41) is 0. The molecule has 0 spiro atoms. The maximum Gasteiger partial charge on any atom is 0.0343 e. The molecule has 0 fully saturated rings. The van der Waals surface area contributed by atoms with Gasteiger partial charge in [0.2, 0.25) is 0 Å². The second kappa shape index (κ2) is 5.54. The van der Waals surface area contributed by atoms with E-state index in [0.717, 1.165) is 18.5 Å². The Labute approximate surface area is 105 Å². The zero-order chi connectivity index (χ0) is 13.1. The third-order valence-corrected chi connectivity index (χ3v) is 3.51. The van der Waals surface area contributed by atoms with Crippen molar-refractivity contribution < 1.29 is 0 Å². The van der Waals surface area contributed by atoms with E-state index >= 15 is 0 Å². The summed E-state index contributed by atoms with van der Waals surface area (Å²) < 4.78 is 0. The molecule has 0 radical (unpaired) electrons. The molecule has 1 aromatic carbocycles. The van der Waals surface area contributed by atoms with Crippen LogP contribution in [-0.2, 0) is 5.41 Å². The first-order valence-electron chi connectivity index (χ1n) is 6.45. The van der Waals surface area contributed by atoms with E-state index in [0.29, 0.717) is 6.04 Å². The third-order valence-electron chi connectivity index (χ3n) is 3.51. The zero-order valence-electron chi connectivity index (χ0n) is 11.6. The summed E-state index contributed by atoms with van der Waals surface area (Å²) in [5.41, 5.74) is 15.3. The maximum absolute atomic E-state index is 5.86. The number of anilines is 1. The molecule has 0 bridgehead atoms. The summed E-state index contributed by atoms with van der Waals surface area (Å²) in [4.78, 5) is 0. The van der Waals surface area contributed by atoms with Gasteiger partial charge < -0.3 is 11.5 Å². The molecule has 0 aliphatic carbocycles. The number of nitrogens with two attached hydrogens (primary N) is 2. The van der Waals surface area contributed by atoms with Crippen LogP contribution in [0.25, 0.3) is 0 Å². The minimum Gasteiger partial charge on any atom is -0.399 e. The molecule has 2 heteroatoms. The fourth-order valence-electron chi connectivity index (χ4n) is 2.11. The SMILES string of the molecule is Cc1cc(C(C)(C)CCCC(C)N)ccc1N. The van der Waals surface area contributed by atoms with Crippen LogP contribution in [0.5, 0.6) is 0 Å². The highest BCUT2D eigenvalue weighted by molar-refractivity contribution is 5.48. The van der Waals surface area contributed by atoms with Crippen LogP contribution in [0, 0.1) is 6.92 Å². The van der Waals surface area contributed by atoms with Crippen LogP contribution < -0.4 is 11.5 Å².